The van der Waals surface area contributed by atoms with E-state index in [-0.39, 0.29) is 11.3 Å². The summed E-state index contributed by atoms with van der Waals surface area (Å²) < 4.78 is 52.2. The van der Waals surface area contributed by atoms with Crippen LogP contribution in [0.15, 0.2) is 48.5 Å². The summed E-state index contributed by atoms with van der Waals surface area (Å²) >= 11 is 0. The van der Waals surface area contributed by atoms with Gasteiger partial charge in [-0.2, -0.15) is 13.2 Å². The summed E-state index contributed by atoms with van der Waals surface area (Å²) in [6.45, 7) is 1.17. The van der Waals surface area contributed by atoms with E-state index >= 15 is 0 Å². The number of alkyl halides is 3. The van der Waals surface area contributed by atoms with Gasteiger partial charge in [0.25, 0.3) is 5.91 Å². The molecule has 4 nitrogen and oxygen atoms in total. The van der Waals surface area contributed by atoms with Crippen LogP contribution in [0, 0.1) is 5.82 Å². The van der Waals surface area contributed by atoms with Crippen molar-refractivity contribution in [3.8, 4) is 0 Å². The molecule has 0 heterocycles. The molecule has 26 heavy (non-hydrogen) atoms. The predicted molar refractivity (Wildman–Crippen MR) is 88.0 cm³/mol. The lowest BCUT2D eigenvalue weighted by Crippen LogP contribution is -2.32. The monoisotopic (exact) mass is 368 g/mol. The minimum absolute atomic E-state index is 0.0711. The van der Waals surface area contributed by atoms with Gasteiger partial charge in [0.15, 0.2) is 0 Å². The molecule has 0 saturated carbocycles. The van der Waals surface area contributed by atoms with E-state index in [2.05, 4.69) is 10.6 Å². The van der Waals surface area contributed by atoms with Crippen molar-refractivity contribution in [2.24, 2.45) is 0 Å². The summed E-state index contributed by atoms with van der Waals surface area (Å²) in [5.74, 6) is -2.11. The van der Waals surface area contributed by atoms with Crippen LogP contribution in [0.5, 0.6) is 0 Å². The molecule has 138 valence electrons. The number of rotatable bonds is 5. The number of carbonyl (C=O) groups is 2. The molecule has 2 aromatic rings. The third-order valence-electron chi connectivity index (χ3n) is 3.48. The van der Waals surface area contributed by atoms with Crippen molar-refractivity contribution in [2.75, 3.05) is 5.32 Å². The van der Waals surface area contributed by atoms with Crippen molar-refractivity contribution in [1.29, 1.82) is 0 Å². The first-order valence-corrected chi connectivity index (χ1v) is 7.65. The molecular formula is C18H16F4N2O2. The van der Waals surface area contributed by atoms with Crippen molar-refractivity contribution in [3.63, 3.8) is 0 Å². The van der Waals surface area contributed by atoms with Crippen LogP contribution in [-0.2, 0) is 4.79 Å². The predicted octanol–water partition coefficient (Wildman–Crippen LogP) is 4.21. The first-order chi connectivity index (χ1) is 12.2. The maximum Gasteiger partial charge on any atom is 0.391 e. The average Bonchev–Trinajstić information content (AvgIpc) is 2.55. The lowest BCUT2D eigenvalue weighted by molar-refractivity contribution is -0.139. The van der Waals surface area contributed by atoms with Crippen LogP contribution in [0.3, 0.4) is 0 Å². The standard InChI is InChI=1S/C18H16F4N2O2/c1-11(25)23-15-9-13(7-8-14(15)19)17(26)24-16(10-18(20,21)22)12-5-3-2-4-6-12/h2-9,16H,10H2,1H3,(H,23,25)(H,24,26). The fourth-order valence-corrected chi connectivity index (χ4v) is 2.36. The maximum absolute atomic E-state index is 13.6. The fourth-order valence-electron chi connectivity index (χ4n) is 2.36. The fraction of sp³-hybridized carbons (Fsp3) is 0.222. The van der Waals surface area contributed by atoms with Crippen LogP contribution in [0.4, 0.5) is 23.2 Å². The van der Waals surface area contributed by atoms with Crippen molar-refractivity contribution in [2.45, 2.75) is 25.6 Å². The molecular weight excluding hydrogens is 352 g/mol. The molecule has 8 heteroatoms. The second kappa shape index (κ2) is 7.99. The van der Waals surface area contributed by atoms with E-state index in [0.717, 1.165) is 18.2 Å². The third-order valence-corrected chi connectivity index (χ3v) is 3.48. The Balaban J connectivity index is 2.25. The smallest absolute Gasteiger partial charge is 0.345 e. The van der Waals surface area contributed by atoms with E-state index < -0.39 is 36.3 Å². The van der Waals surface area contributed by atoms with Gasteiger partial charge in [0.05, 0.1) is 18.2 Å². The minimum atomic E-state index is -4.49. The van der Waals surface area contributed by atoms with Crippen LogP contribution in [-0.4, -0.2) is 18.0 Å². The van der Waals surface area contributed by atoms with Gasteiger partial charge in [-0.3, -0.25) is 9.59 Å². The Hall–Kier alpha value is -2.90. The number of anilines is 1. The minimum Gasteiger partial charge on any atom is -0.345 e. The molecule has 0 fully saturated rings. The molecule has 2 amide bonds. The van der Waals surface area contributed by atoms with E-state index in [4.69, 9.17) is 0 Å². The quantitative estimate of drug-likeness (QED) is 0.777. The molecule has 0 aliphatic carbocycles. The Bertz CT molecular complexity index is 792. The highest BCUT2D eigenvalue weighted by Gasteiger charge is 2.33. The molecule has 0 saturated heterocycles. The van der Waals surface area contributed by atoms with Crippen LogP contribution < -0.4 is 10.6 Å². The van der Waals surface area contributed by atoms with Gasteiger partial charge in [-0.25, -0.2) is 4.39 Å². The topological polar surface area (TPSA) is 58.2 Å². The number of nitrogens with one attached hydrogen (secondary N) is 2. The second-order valence-electron chi connectivity index (χ2n) is 5.63. The van der Waals surface area contributed by atoms with Crippen molar-refractivity contribution >= 4 is 17.5 Å². The van der Waals surface area contributed by atoms with Gasteiger partial charge in [-0.1, -0.05) is 30.3 Å². The molecule has 0 spiro atoms. The highest BCUT2D eigenvalue weighted by atomic mass is 19.4. The highest BCUT2D eigenvalue weighted by molar-refractivity contribution is 5.97. The first kappa shape index (κ1) is 19.4. The molecule has 2 aromatic carbocycles. The van der Waals surface area contributed by atoms with Gasteiger partial charge in [0, 0.05) is 12.5 Å². The van der Waals surface area contributed by atoms with Crippen LogP contribution in [0.25, 0.3) is 0 Å². The number of hydrogen-bond donors (Lipinski definition) is 2. The zero-order chi connectivity index (χ0) is 19.3. The van der Waals surface area contributed by atoms with Gasteiger partial charge in [0.2, 0.25) is 5.91 Å². The summed E-state index contributed by atoms with van der Waals surface area (Å²) in [4.78, 5) is 23.4. The molecule has 0 aromatic heterocycles. The van der Waals surface area contributed by atoms with Crippen LogP contribution in [0.1, 0.15) is 35.3 Å². The summed E-state index contributed by atoms with van der Waals surface area (Å²) in [5.41, 5.74) is -0.00198. The Labute approximate surface area is 147 Å². The highest BCUT2D eigenvalue weighted by Crippen LogP contribution is 2.30. The number of halogens is 4. The summed E-state index contributed by atoms with van der Waals surface area (Å²) in [5, 5.41) is 4.53. The summed E-state index contributed by atoms with van der Waals surface area (Å²) in [6.07, 6.45) is -5.74. The van der Waals surface area contributed by atoms with Crippen LogP contribution >= 0.6 is 0 Å². The van der Waals surface area contributed by atoms with Crippen molar-refractivity contribution in [3.05, 3.63) is 65.5 Å². The third kappa shape index (κ3) is 5.58. The van der Waals surface area contributed by atoms with Crippen molar-refractivity contribution in [1.82, 2.24) is 5.32 Å². The molecule has 2 rings (SSSR count). The molecule has 0 aliphatic heterocycles. The van der Waals surface area contributed by atoms with E-state index in [1.54, 1.807) is 18.2 Å². The second-order valence-corrected chi connectivity index (χ2v) is 5.63. The molecule has 0 aliphatic rings. The first-order valence-electron chi connectivity index (χ1n) is 7.65. The van der Waals surface area contributed by atoms with Crippen LogP contribution in [0.2, 0.25) is 0 Å². The SMILES string of the molecule is CC(=O)Nc1cc(C(=O)NC(CC(F)(F)F)c2ccccc2)ccc1F. The van der Waals surface area contributed by atoms with Gasteiger partial charge in [0.1, 0.15) is 5.82 Å². The van der Waals surface area contributed by atoms with E-state index in [0.29, 0.717) is 5.56 Å². The Morgan fingerprint density at radius 2 is 1.73 bits per heavy atom. The normalized spacial score (nSPS) is 12.3. The van der Waals surface area contributed by atoms with E-state index in [1.165, 1.54) is 19.1 Å². The van der Waals surface area contributed by atoms with Gasteiger partial charge < -0.3 is 10.6 Å². The zero-order valence-electron chi connectivity index (χ0n) is 13.7. The molecule has 1 atom stereocenters. The van der Waals surface area contributed by atoms with E-state index in [1.807, 2.05) is 0 Å². The molecule has 1 unspecified atom stereocenters. The largest absolute Gasteiger partial charge is 0.391 e. The Morgan fingerprint density at radius 3 is 2.31 bits per heavy atom. The van der Waals surface area contributed by atoms with Gasteiger partial charge in [-0.05, 0) is 23.8 Å². The lowest BCUT2D eigenvalue weighted by atomic mass is 10.0. The maximum atomic E-state index is 13.6. The molecule has 0 bridgehead atoms. The summed E-state index contributed by atoms with van der Waals surface area (Å²) in [6, 6.07) is 9.60. The lowest BCUT2D eigenvalue weighted by Gasteiger charge is -2.21. The number of amides is 2. The molecule has 0 radical (unpaired) electrons. The van der Waals surface area contributed by atoms with Gasteiger partial charge in [-0.15, -0.1) is 0 Å². The number of benzene rings is 2. The average molecular weight is 368 g/mol. The molecule has 2 N–H and O–H groups in total. The Morgan fingerprint density at radius 1 is 1.08 bits per heavy atom. The zero-order valence-corrected chi connectivity index (χ0v) is 13.7. The van der Waals surface area contributed by atoms with Gasteiger partial charge >= 0.3 is 6.18 Å². The van der Waals surface area contributed by atoms with E-state index in [9.17, 15) is 27.2 Å². The Kier molecular flexibility index (Phi) is 5.97. The number of carbonyl (C=O) groups excluding carboxylic acids is 2. The number of hydrogen-bond acceptors (Lipinski definition) is 2. The summed E-state index contributed by atoms with van der Waals surface area (Å²) in [7, 11) is 0. The van der Waals surface area contributed by atoms with Crippen molar-refractivity contribution < 1.29 is 27.2 Å².